The van der Waals surface area contributed by atoms with E-state index in [0.717, 1.165) is 11.1 Å². The number of ether oxygens (including phenoxy) is 2. The molecule has 0 aliphatic carbocycles. The zero-order chi connectivity index (χ0) is 23.6. The molecule has 2 aliphatic heterocycles. The highest BCUT2D eigenvalue weighted by Gasteiger charge is 2.40. The number of cyclic esters (lactones) is 1. The van der Waals surface area contributed by atoms with Crippen LogP contribution in [0.15, 0.2) is 54.6 Å². The van der Waals surface area contributed by atoms with Gasteiger partial charge in [0.15, 0.2) is 0 Å². The first kappa shape index (κ1) is 23.0. The van der Waals surface area contributed by atoms with Crippen LogP contribution in [0.3, 0.4) is 0 Å². The molecule has 174 valence electrons. The van der Waals surface area contributed by atoms with Gasteiger partial charge in [-0.2, -0.15) is 0 Å². The van der Waals surface area contributed by atoms with E-state index < -0.39 is 23.7 Å². The third-order valence-electron chi connectivity index (χ3n) is 5.82. The van der Waals surface area contributed by atoms with Crippen LogP contribution in [0, 0.1) is 0 Å². The fourth-order valence-corrected chi connectivity index (χ4v) is 4.37. The van der Waals surface area contributed by atoms with Crippen molar-refractivity contribution in [2.24, 2.45) is 0 Å². The normalized spacial score (nSPS) is 23.0. The molecule has 33 heavy (non-hydrogen) atoms. The van der Waals surface area contributed by atoms with Crippen molar-refractivity contribution in [3.8, 4) is 0 Å². The van der Waals surface area contributed by atoms with Gasteiger partial charge < -0.3 is 9.47 Å². The van der Waals surface area contributed by atoms with Gasteiger partial charge in [-0.3, -0.25) is 24.6 Å². The number of rotatable bonds is 5. The monoisotopic (exact) mass is 450 g/mol. The highest BCUT2D eigenvalue weighted by atomic mass is 16.6. The van der Waals surface area contributed by atoms with Crippen LogP contribution in [0.1, 0.15) is 50.8 Å². The number of fused-ring (bicyclic) bond motifs is 1. The predicted molar refractivity (Wildman–Crippen MR) is 124 cm³/mol. The number of hydrogen-bond donors (Lipinski definition) is 1. The standard InChI is InChI=1S/C26H30N2O5/c1-26(2,3)33-23(29)16-28-21-12-8-7-9-17(21)13-14-19(24(28)30)27-20-15-22(32-25(20)31)18-10-5-4-6-11-18/h4-12,19-20,22,27H,13-16H2,1-3H3. The van der Waals surface area contributed by atoms with E-state index in [4.69, 9.17) is 9.47 Å². The maximum absolute atomic E-state index is 13.6. The highest BCUT2D eigenvalue weighted by molar-refractivity contribution is 6.02. The number of carbonyl (C=O) groups excluding carboxylic acids is 3. The molecule has 1 N–H and O–H groups in total. The zero-order valence-corrected chi connectivity index (χ0v) is 19.2. The molecule has 1 amide bonds. The number of benzene rings is 2. The van der Waals surface area contributed by atoms with Crippen molar-refractivity contribution < 1.29 is 23.9 Å². The summed E-state index contributed by atoms with van der Waals surface area (Å²) in [6, 6.07) is 15.9. The zero-order valence-electron chi connectivity index (χ0n) is 19.2. The molecular formula is C26H30N2O5. The first-order chi connectivity index (χ1) is 15.7. The molecular weight excluding hydrogens is 420 g/mol. The molecule has 2 aromatic rings. The Bertz CT molecular complexity index is 1030. The number of nitrogens with one attached hydrogen (secondary N) is 1. The summed E-state index contributed by atoms with van der Waals surface area (Å²) in [6.45, 7) is 5.19. The summed E-state index contributed by atoms with van der Waals surface area (Å²) in [7, 11) is 0. The van der Waals surface area contributed by atoms with Crippen LogP contribution in [-0.4, -0.2) is 42.1 Å². The molecule has 2 aliphatic rings. The summed E-state index contributed by atoms with van der Waals surface area (Å²) in [5.41, 5.74) is 1.97. The topological polar surface area (TPSA) is 84.9 Å². The Hall–Kier alpha value is -3.19. The van der Waals surface area contributed by atoms with Crippen molar-refractivity contribution in [2.75, 3.05) is 11.4 Å². The molecule has 3 unspecified atom stereocenters. The number of amides is 1. The number of esters is 2. The lowest BCUT2D eigenvalue weighted by Gasteiger charge is -2.28. The van der Waals surface area contributed by atoms with Crippen LogP contribution in [0.5, 0.6) is 0 Å². The highest BCUT2D eigenvalue weighted by Crippen LogP contribution is 2.32. The van der Waals surface area contributed by atoms with Crippen molar-refractivity contribution in [1.82, 2.24) is 5.32 Å². The van der Waals surface area contributed by atoms with Gasteiger partial charge in [-0.15, -0.1) is 0 Å². The minimum absolute atomic E-state index is 0.187. The van der Waals surface area contributed by atoms with Gasteiger partial charge >= 0.3 is 11.9 Å². The molecule has 1 saturated heterocycles. The summed E-state index contributed by atoms with van der Waals surface area (Å²) in [6.07, 6.45) is 1.27. The van der Waals surface area contributed by atoms with E-state index in [-0.39, 0.29) is 24.5 Å². The van der Waals surface area contributed by atoms with Crippen LogP contribution >= 0.6 is 0 Å². The van der Waals surface area contributed by atoms with Gasteiger partial charge in [0.1, 0.15) is 24.3 Å². The predicted octanol–water partition coefficient (Wildman–Crippen LogP) is 3.32. The van der Waals surface area contributed by atoms with Gasteiger partial charge in [0.2, 0.25) is 5.91 Å². The Morgan fingerprint density at radius 1 is 1.06 bits per heavy atom. The quantitative estimate of drug-likeness (QED) is 0.704. The molecule has 1 fully saturated rings. The molecule has 0 saturated carbocycles. The number of aryl methyl sites for hydroxylation is 1. The summed E-state index contributed by atoms with van der Waals surface area (Å²) in [5, 5.41) is 3.23. The molecule has 2 aromatic carbocycles. The summed E-state index contributed by atoms with van der Waals surface area (Å²) in [5.74, 6) is -1.09. The third kappa shape index (κ3) is 5.42. The van der Waals surface area contributed by atoms with E-state index in [9.17, 15) is 14.4 Å². The minimum Gasteiger partial charge on any atom is -0.459 e. The Morgan fingerprint density at radius 2 is 1.76 bits per heavy atom. The summed E-state index contributed by atoms with van der Waals surface area (Å²) < 4.78 is 11.0. The summed E-state index contributed by atoms with van der Waals surface area (Å²) in [4.78, 5) is 40.2. The van der Waals surface area contributed by atoms with Crippen molar-refractivity contribution in [1.29, 1.82) is 0 Å². The van der Waals surface area contributed by atoms with E-state index >= 15 is 0 Å². The molecule has 4 rings (SSSR count). The number of carbonyl (C=O) groups is 3. The molecule has 0 bridgehead atoms. The third-order valence-corrected chi connectivity index (χ3v) is 5.82. The molecule has 0 spiro atoms. The number of para-hydroxylation sites is 1. The first-order valence-electron chi connectivity index (χ1n) is 11.3. The second kappa shape index (κ2) is 9.35. The fraction of sp³-hybridized carbons (Fsp3) is 0.423. The van der Waals surface area contributed by atoms with Crippen molar-refractivity contribution in [2.45, 2.75) is 63.8 Å². The van der Waals surface area contributed by atoms with Gasteiger partial charge in [0.25, 0.3) is 0 Å². The van der Waals surface area contributed by atoms with Gasteiger partial charge in [-0.1, -0.05) is 48.5 Å². The molecule has 2 heterocycles. The lowest BCUT2D eigenvalue weighted by molar-refractivity contribution is -0.153. The molecule has 0 aromatic heterocycles. The van der Waals surface area contributed by atoms with E-state index in [1.807, 2.05) is 54.6 Å². The SMILES string of the molecule is CC(C)(C)OC(=O)CN1C(=O)C(NC2CC(c3ccccc3)OC2=O)CCc2ccccc21. The molecule has 7 nitrogen and oxygen atoms in total. The van der Waals surface area contributed by atoms with E-state index in [1.54, 1.807) is 20.8 Å². The maximum atomic E-state index is 13.6. The first-order valence-corrected chi connectivity index (χ1v) is 11.3. The van der Waals surface area contributed by atoms with Crippen molar-refractivity contribution >= 4 is 23.5 Å². The van der Waals surface area contributed by atoms with E-state index in [1.165, 1.54) is 4.90 Å². The largest absolute Gasteiger partial charge is 0.459 e. The molecule has 3 atom stereocenters. The number of nitrogens with zero attached hydrogens (tertiary/aromatic N) is 1. The van der Waals surface area contributed by atoms with Crippen LogP contribution < -0.4 is 10.2 Å². The molecule has 0 radical (unpaired) electrons. The Morgan fingerprint density at radius 3 is 2.48 bits per heavy atom. The molecule has 7 heteroatoms. The van der Waals surface area contributed by atoms with Gasteiger partial charge in [-0.05, 0) is 50.8 Å². The lowest BCUT2D eigenvalue weighted by Crippen LogP contribution is -2.52. The maximum Gasteiger partial charge on any atom is 0.326 e. The van der Waals surface area contributed by atoms with Gasteiger partial charge in [0.05, 0.1) is 6.04 Å². The second-order valence-electron chi connectivity index (χ2n) is 9.52. The Balaban J connectivity index is 1.52. The lowest BCUT2D eigenvalue weighted by atomic mass is 10.0. The smallest absolute Gasteiger partial charge is 0.326 e. The second-order valence-corrected chi connectivity index (χ2v) is 9.52. The van der Waals surface area contributed by atoms with Crippen LogP contribution in [0.2, 0.25) is 0 Å². The van der Waals surface area contributed by atoms with Crippen LogP contribution in [0.25, 0.3) is 0 Å². The Labute approximate surface area is 194 Å². The summed E-state index contributed by atoms with van der Waals surface area (Å²) >= 11 is 0. The van der Waals surface area contributed by atoms with Crippen molar-refractivity contribution in [3.05, 3.63) is 65.7 Å². The van der Waals surface area contributed by atoms with Crippen LogP contribution in [0.4, 0.5) is 5.69 Å². The van der Waals surface area contributed by atoms with E-state index in [0.29, 0.717) is 24.9 Å². The number of hydrogen-bond acceptors (Lipinski definition) is 6. The van der Waals surface area contributed by atoms with E-state index in [2.05, 4.69) is 5.32 Å². The van der Waals surface area contributed by atoms with Crippen molar-refractivity contribution in [3.63, 3.8) is 0 Å². The van der Waals surface area contributed by atoms with Gasteiger partial charge in [0, 0.05) is 12.1 Å². The van der Waals surface area contributed by atoms with Crippen LogP contribution in [-0.2, 0) is 30.3 Å². The Kier molecular flexibility index (Phi) is 6.51. The average molecular weight is 451 g/mol. The van der Waals surface area contributed by atoms with Gasteiger partial charge in [-0.25, -0.2) is 0 Å². The number of anilines is 1. The minimum atomic E-state index is -0.650. The average Bonchev–Trinajstić information content (AvgIpc) is 3.08. The fourth-order valence-electron chi connectivity index (χ4n) is 4.37.